The van der Waals surface area contributed by atoms with Gasteiger partial charge in [-0.2, -0.15) is 0 Å². The van der Waals surface area contributed by atoms with Crippen molar-refractivity contribution in [2.24, 2.45) is 0 Å². The number of nitrogens with one attached hydrogen (secondary N) is 1. The molecular weight excluding hydrogens is 314 g/mol. The molecule has 7 heteroatoms. The highest BCUT2D eigenvalue weighted by atomic mass is 79.9. The van der Waals surface area contributed by atoms with Gasteiger partial charge in [-0.15, -0.1) is 0 Å². The number of halogens is 1. The van der Waals surface area contributed by atoms with E-state index in [1.165, 1.54) is 18.3 Å². The third-order valence-electron chi connectivity index (χ3n) is 2.43. The summed E-state index contributed by atoms with van der Waals surface area (Å²) in [6, 6.07) is 8.01. The van der Waals surface area contributed by atoms with Crippen LogP contribution in [0.3, 0.4) is 0 Å². The van der Waals surface area contributed by atoms with E-state index >= 15 is 0 Å². The average molecular weight is 324 g/mol. The lowest BCUT2D eigenvalue weighted by molar-refractivity contribution is -0.385. The van der Waals surface area contributed by atoms with Gasteiger partial charge in [-0.3, -0.25) is 15.1 Å². The first-order chi connectivity index (χ1) is 9.06. The largest absolute Gasteiger partial charge is 0.506 e. The van der Waals surface area contributed by atoms with E-state index in [9.17, 15) is 10.1 Å². The number of aromatic hydroxyl groups is 1. The van der Waals surface area contributed by atoms with Crippen LogP contribution in [0.5, 0.6) is 5.75 Å². The Hall–Kier alpha value is -2.15. The van der Waals surface area contributed by atoms with Gasteiger partial charge in [0.05, 0.1) is 27.8 Å². The van der Waals surface area contributed by atoms with E-state index in [1.807, 2.05) is 0 Å². The van der Waals surface area contributed by atoms with Crippen LogP contribution in [-0.2, 0) is 6.54 Å². The van der Waals surface area contributed by atoms with Crippen molar-refractivity contribution in [2.45, 2.75) is 6.54 Å². The van der Waals surface area contributed by atoms with Gasteiger partial charge in [0, 0.05) is 11.8 Å². The highest BCUT2D eigenvalue weighted by Crippen LogP contribution is 2.27. The van der Waals surface area contributed by atoms with E-state index < -0.39 is 4.92 Å². The van der Waals surface area contributed by atoms with E-state index in [-0.39, 0.29) is 11.4 Å². The van der Waals surface area contributed by atoms with Crippen molar-refractivity contribution in [3.8, 4) is 5.75 Å². The first-order valence-electron chi connectivity index (χ1n) is 5.38. The molecule has 0 amide bonds. The van der Waals surface area contributed by atoms with Gasteiger partial charge in [-0.25, -0.2) is 0 Å². The number of benzene rings is 1. The van der Waals surface area contributed by atoms with E-state index in [1.54, 1.807) is 18.2 Å². The van der Waals surface area contributed by atoms with Crippen molar-refractivity contribution in [1.82, 2.24) is 4.98 Å². The lowest BCUT2D eigenvalue weighted by atomic mass is 10.2. The SMILES string of the molecule is O=[N+]([O-])c1cc(NCc2ccc(O)cn2)ccc1Br. The zero-order valence-corrected chi connectivity index (χ0v) is 11.3. The number of aromatic nitrogens is 1. The first kappa shape index (κ1) is 13.3. The van der Waals surface area contributed by atoms with Crippen LogP contribution in [-0.4, -0.2) is 15.0 Å². The van der Waals surface area contributed by atoms with Crippen molar-refractivity contribution in [1.29, 1.82) is 0 Å². The van der Waals surface area contributed by atoms with Gasteiger partial charge in [0.15, 0.2) is 0 Å². The molecule has 19 heavy (non-hydrogen) atoms. The minimum atomic E-state index is -0.450. The van der Waals surface area contributed by atoms with Crippen molar-refractivity contribution < 1.29 is 10.0 Å². The normalized spacial score (nSPS) is 10.2. The molecule has 1 aromatic carbocycles. The second kappa shape index (κ2) is 5.66. The first-order valence-corrected chi connectivity index (χ1v) is 6.17. The Morgan fingerprint density at radius 2 is 2.16 bits per heavy atom. The molecule has 0 spiro atoms. The quantitative estimate of drug-likeness (QED) is 0.666. The van der Waals surface area contributed by atoms with Crippen LogP contribution in [0.4, 0.5) is 11.4 Å². The second-order valence-corrected chi connectivity index (χ2v) is 4.64. The monoisotopic (exact) mass is 323 g/mol. The second-order valence-electron chi connectivity index (χ2n) is 3.78. The van der Waals surface area contributed by atoms with Crippen LogP contribution < -0.4 is 5.32 Å². The predicted molar refractivity (Wildman–Crippen MR) is 74.0 cm³/mol. The number of rotatable bonds is 4. The number of hydrogen-bond acceptors (Lipinski definition) is 5. The van der Waals surface area contributed by atoms with E-state index in [0.29, 0.717) is 16.7 Å². The Kier molecular flexibility index (Phi) is 3.96. The molecule has 0 saturated carbocycles. The fraction of sp³-hybridized carbons (Fsp3) is 0.0833. The van der Waals surface area contributed by atoms with Crippen LogP contribution in [0.2, 0.25) is 0 Å². The maximum Gasteiger partial charge on any atom is 0.285 e. The van der Waals surface area contributed by atoms with Crippen molar-refractivity contribution in [2.75, 3.05) is 5.32 Å². The molecular formula is C12H10BrN3O3. The zero-order valence-electron chi connectivity index (χ0n) is 9.71. The third-order valence-corrected chi connectivity index (χ3v) is 3.10. The van der Waals surface area contributed by atoms with Gasteiger partial charge in [-0.1, -0.05) is 0 Å². The Balaban J connectivity index is 2.09. The molecule has 0 saturated heterocycles. The summed E-state index contributed by atoms with van der Waals surface area (Å²) in [6.07, 6.45) is 1.35. The average Bonchev–Trinajstić information content (AvgIpc) is 2.39. The molecule has 0 fully saturated rings. The Labute approximate surface area is 117 Å². The fourth-order valence-electron chi connectivity index (χ4n) is 1.48. The molecule has 0 atom stereocenters. The summed E-state index contributed by atoms with van der Waals surface area (Å²) in [5.41, 5.74) is 1.36. The standard InChI is InChI=1S/C12H10BrN3O3/c13-11-4-2-8(5-12(11)16(18)19)14-6-9-1-3-10(17)7-15-9/h1-5,7,14,17H,6H2. The number of nitrogens with zero attached hydrogens (tertiary/aromatic N) is 2. The summed E-state index contributed by atoms with van der Waals surface area (Å²) in [7, 11) is 0. The van der Waals surface area contributed by atoms with Gasteiger partial charge in [0.1, 0.15) is 5.75 Å². The molecule has 2 N–H and O–H groups in total. The number of anilines is 1. The van der Waals surface area contributed by atoms with Crippen LogP contribution in [0.1, 0.15) is 5.69 Å². The van der Waals surface area contributed by atoms with E-state index in [4.69, 9.17) is 5.11 Å². The van der Waals surface area contributed by atoms with Gasteiger partial charge >= 0.3 is 0 Å². The summed E-state index contributed by atoms with van der Waals surface area (Å²) in [5, 5.41) is 22.9. The predicted octanol–water partition coefficient (Wildman–Crippen LogP) is 3.07. The molecule has 0 radical (unpaired) electrons. The maximum absolute atomic E-state index is 10.8. The molecule has 98 valence electrons. The van der Waals surface area contributed by atoms with Crippen molar-refractivity contribution >= 4 is 27.3 Å². The summed E-state index contributed by atoms with van der Waals surface area (Å²) >= 11 is 3.13. The maximum atomic E-state index is 10.8. The highest BCUT2D eigenvalue weighted by molar-refractivity contribution is 9.10. The summed E-state index contributed by atoms with van der Waals surface area (Å²) in [6.45, 7) is 0.416. The van der Waals surface area contributed by atoms with E-state index in [2.05, 4.69) is 26.2 Å². The van der Waals surface area contributed by atoms with Crippen LogP contribution in [0, 0.1) is 10.1 Å². The fourth-order valence-corrected chi connectivity index (χ4v) is 1.87. The molecule has 6 nitrogen and oxygen atoms in total. The van der Waals surface area contributed by atoms with Crippen molar-refractivity contribution in [3.63, 3.8) is 0 Å². The summed E-state index contributed by atoms with van der Waals surface area (Å²) in [4.78, 5) is 14.4. The van der Waals surface area contributed by atoms with Gasteiger partial charge in [0.2, 0.25) is 0 Å². The molecule has 0 aliphatic heterocycles. The van der Waals surface area contributed by atoms with Crippen LogP contribution in [0.15, 0.2) is 41.0 Å². The molecule has 2 aromatic rings. The summed E-state index contributed by atoms with van der Waals surface area (Å²) in [5.74, 6) is 0.100. The number of nitro benzene ring substituents is 1. The number of nitro groups is 1. The smallest absolute Gasteiger partial charge is 0.285 e. The molecule has 2 rings (SSSR count). The molecule has 0 bridgehead atoms. The molecule has 0 aliphatic carbocycles. The Morgan fingerprint density at radius 3 is 2.79 bits per heavy atom. The van der Waals surface area contributed by atoms with Gasteiger partial charge in [-0.05, 0) is 40.2 Å². The van der Waals surface area contributed by atoms with Crippen molar-refractivity contribution in [3.05, 3.63) is 56.8 Å². The van der Waals surface area contributed by atoms with Crippen LogP contribution in [0.25, 0.3) is 0 Å². The highest BCUT2D eigenvalue weighted by Gasteiger charge is 2.12. The summed E-state index contributed by atoms with van der Waals surface area (Å²) < 4.78 is 0.436. The third kappa shape index (κ3) is 3.41. The molecule has 0 unspecified atom stereocenters. The van der Waals surface area contributed by atoms with Crippen LogP contribution >= 0.6 is 15.9 Å². The minimum absolute atomic E-state index is 0.00339. The topological polar surface area (TPSA) is 88.3 Å². The zero-order chi connectivity index (χ0) is 13.8. The lowest BCUT2D eigenvalue weighted by Gasteiger charge is -2.06. The number of hydrogen-bond donors (Lipinski definition) is 2. The number of pyridine rings is 1. The molecule has 1 aromatic heterocycles. The van der Waals surface area contributed by atoms with E-state index in [0.717, 1.165) is 5.69 Å². The Morgan fingerprint density at radius 1 is 1.37 bits per heavy atom. The molecule has 1 heterocycles. The molecule has 0 aliphatic rings. The minimum Gasteiger partial charge on any atom is -0.506 e. The van der Waals surface area contributed by atoms with Gasteiger partial charge < -0.3 is 10.4 Å². The lowest BCUT2D eigenvalue weighted by Crippen LogP contribution is -2.01. The Bertz CT molecular complexity index is 602. The van der Waals surface area contributed by atoms with Gasteiger partial charge in [0.25, 0.3) is 5.69 Å².